The summed E-state index contributed by atoms with van der Waals surface area (Å²) in [6.07, 6.45) is 3.30. The van der Waals surface area contributed by atoms with Crippen LogP contribution in [0.3, 0.4) is 0 Å². The Morgan fingerprint density at radius 2 is 2.26 bits per heavy atom. The van der Waals surface area contributed by atoms with E-state index >= 15 is 0 Å². The summed E-state index contributed by atoms with van der Waals surface area (Å²) >= 11 is 0. The largest absolute Gasteiger partial charge is 0.495 e. The normalized spacial score (nSPS) is 15.8. The Balaban J connectivity index is 1.88. The number of benzene rings is 1. The predicted molar refractivity (Wildman–Crippen MR) is 72.8 cm³/mol. The molecule has 1 saturated carbocycles. The molecule has 0 atom stereocenters. The summed E-state index contributed by atoms with van der Waals surface area (Å²) in [5.74, 6) is 0.623. The van der Waals surface area contributed by atoms with Crippen molar-refractivity contribution in [1.82, 2.24) is 5.32 Å². The average molecular weight is 260 g/mol. The lowest BCUT2D eigenvalue weighted by atomic mass is 10.0. The van der Waals surface area contributed by atoms with E-state index in [-0.39, 0.29) is 6.61 Å². The van der Waals surface area contributed by atoms with E-state index in [1.165, 1.54) is 12.8 Å². The molecule has 2 N–H and O–H groups in total. The van der Waals surface area contributed by atoms with Crippen molar-refractivity contribution in [1.29, 1.82) is 5.26 Å². The lowest BCUT2D eigenvalue weighted by molar-refractivity contribution is 0.245. The van der Waals surface area contributed by atoms with Crippen LogP contribution >= 0.6 is 0 Å². The number of nitriles is 1. The van der Waals surface area contributed by atoms with Crippen LogP contribution < -0.4 is 10.1 Å². The Bertz CT molecular complexity index is 476. The van der Waals surface area contributed by atoms with Crippen LogP contribution in [0.25, 0.3) is 0 Å². The molecular weight excluding hydrogens is 240 g/mol. The van der Waals surface area contributed by atoms with Crippen LogP contribution in [0, 0.1) is 16.7 Å². The molecule has 0 aliphatic heterocycles. The average Bonchev–Trinajstić information content (AvgIpc) is 3.19. The first kappa shape index (κ1) is 13.9. The van der Waals surface area contributed by atoms with E-state index in [1.807, 2.05) is 12.1 Å². The zero-order valence-electron chi connectivity index (χ0n) is 11.3. The fourth-order valence-electron chi connectivity index (χ4n) is 2.34. The highest BCUT2D eigenvalue weighted by atomic mass is 16.5. The number of methoxy groups -OCH3 is 1. The third-order valence-electron chi connectivity index (χ3n) is 3.81. The molecule has 0 unspecified atom stereocenters. The predicted octanol–water partition coefficient (Wildman–Crippen LogP) is 1.82. The first-order chi connectivity index (χ1) is 9.23. The van der Waals surface area contributed by atoms with E-state index in [0.717, 1.165) is 25.1 Å². The quantitative estimate of drug-likeness (QED) is 0.785. The number of aliphatic hydroxyl groups is 1. The number of hydrogen-bond donors (Lipinski definition) is 2. The van der Waals surface area contributed by atoms with Gasteiger partial charge >= 0.3 is 0 Å². The van der Waals surface area contributed by atoms with Gasteiger partial charge in [0.2, 0.25) is 0 Å². The van der Waals surface area contributed by atoms with Crippen molar-refractivity contribution in [3.63, 3.8) is 0 Å². The Morgan fingerprint density at radius 1 is 1.47 bits per heavy atom. The van der Waals surface area contributed by atoms with Crippen molar-refractivity contribution in [2.75, 3.05) is 20.3 Å². The monoisotopic (exact) mass is 260 g/mol. The summed E-state index contributed by atoms with van der Waals surface area (Å²) in [5.41, 5.74) is 1.99. The van der Waals surface area contributed by atoms with Gasteiger partial charge in [0.1, 0.15) is 11.8 Å². The minimum Gasteiger partial charge on any atom is -0.495 e. The maximum Gasteiger partial charge on any atom is 0.136 e. The molecule has 19 heavy (non-hydrogen) atoms. The van der Waals surface area contributed by atoms with Gasteiger partial charge in [-0.2, -0.15) is 5.26 Å². The van der Waals surface area contributed by atoms with Gasteiger partial charge in [0, 0.05) is 19.7 Å². The zero-order valence-corrected chi connectivity index (χ0v) is 11.3. The summed E-state index contributed by atoms with van der Waals surface area (Å²) in [4.78, 5) is 0. The summed E-state index contributed by atoms with van der Waals surface area (Å²) in [5, 5.41) is 21.4. The molecule has 0 amide bonds. The van der Waals surface area contributed by atoms with E-state index in [9.17, 15) is 0 Å². The summed E-state index contributed by atoms with van der Waals surface area (Å²) < 4.78 is 5.19. The molecule has 1 fully saturated rings. The molecule has 4 heteroatoms. The third-order valence-corrected chi connectivity index (χ3v) is 3.81. The summed E-state index contributed by atoms with van der Waals surface area (Å²) in [7, 11) is 1.58. The highest BCUT2D eigenvalue weighted by Gasteiger charge is 2.41. The molecule has 0 bridgehead atoms. The topological polar surface area (TPSA) is 65.3 Å². The molecule has 1 aliphatic carbocycles. The van der Waals surface area contributed by atoms with E-state index in [1.54, 1.807) is 13.2 Å². The van der Waals surface area contributed by atoms with E-state index in [4.69, 9.17) is 15.1 Å². The molecule has 0 heterocycles. The van der Waals surface area contributed by atoms with Crippen LogP contribution in [-0.4, -0.2) is 25.4 Å². The van der Waals surface area contributed by atoms with Gasteiger partial charge in [-0.15, -0.1) is 0 Å². The highest BCUT2D eigenvalue weighted by molar-refractivity contribution is 5.45. The SMILES string of the molecule is COc1cc(CNCC2(CCO)CC2)ccc1C#N. The second-order valence-electron chi connectivity index (χ2n) is 5.22. The second kappa shape index (κ2) is 6.05. The number of aliphatic hydroxyl groups excluding tert-OH is 1. The van der Waals surface area contributed by atoms with Gasteiger partial charge in [-0.1, -0.05) is 6.07 Å². The molecule has 102 valence electrons. The fraction of sp³-hybridized carbons (Fsp3) is 0.533. The highest BCUT2D eigenvalue weighted by Crippen LogP contribution is 2.47. The lowest BCUT2D eigenvalue weighted by Crippen LogP contribution is -2.24. The third kappa shape index (κ3) is 3.46. The van der Waals surface area contributed by atoms with E-state index < -0.39 is 0 Å². The van der Waals surface area contributed by atoms with Crippen LogP contribution in [0.15, 0.2) is 18.2 Å². The van der Waals surface area contributed by atoms with Crippen molar-refractivity contribution in [3.05, 3.63) is 29.3 Å². The maximum atomic E-state index is 9.01. The standard InChI is InChI=1S/C15H20N2O2/c1-19-14-8-12(2-3-13(14)9-16)10-17-11-15(4-5-15)6-7-18/h2-3,8,17-18H,4-7,10-11H2,1H3. The number of ether oxygens (including phenoxy) is 1. The molecule has 0 radical (unpaired) electrons. The van der Waals surface area contributed by atoms with Crippen molar-refractivity contribution in [3.8, 4) is 11.8 Å². The van der Waals surface area contributed by atoms with Crippen LogP contribution in [0.2, 0.25) is 0 Å². The van der Waals surface area contributed by atoms with Crippen molar-refractivity contribution >= 4 is 0 Å². The number of hydrogen-bond acceptors (Lipinski definition) is 4. The van der Waals surface area contributed by atoms with Crippen molar-refractivity contribution < 1.29 is 9.84 Å². The maximum absolute atomic E-state index is 9.01. The van der Waals surface area contributed by atoms with Gasteiger partial charge < -0.3 is 15.2 Å². The molecule has 4 nitrogen and oxygen atoms in total. The van der Waals surface area contributed by atoms with Gasteiger partial charge in [0.05, 0.1) is 12.7 Å². The molecule has 0 spiro atoms. The Kier molecular flexibility index (Phi) is 4.41. The Labute approximate surface area is 114 Å². The molecule has 0 saturated heterocycles. The van der Waals surface area contributed by atoms with Gasteiger partial charge in [0.25, 0.3) is 0 Å². The molecule has 0 aromatic heterocycles. The van der Waals surface area contributed by atoms with Crippen LogP contribution in [0.5, 0.6) is 5.75 Å². The first-order valence-corrected chi connectivity index (χ1v) is 6.62. The zero-order chi connectivity index (χ0) is 13.7. The molecule has 2 rings (SSSR count). The number of nitrogens with one attached hydrogen (secondary N) is 1. The van der Waals surface area contributed by atoms with Crippen LogP contribution in [0.4, 0.5) is 0 Å². The van der Waals surface area contributed by atoms with Crippen LogP contribution in [-0.2, 0) is 6.54 Å². The minimum atomic E-state index is 0.270. The summed E-state index contributed by atoms with van der Waals surface area (Å²) in [6, 6.07) is 7.74. The van der Waals surface area contributed by atoms with E-state index in [0.29, 0.717) is 16.7 Å². The molecule has 1 aliphatic rings. The van der Waals surface area contributed by atoms with Gasteiger partial charge in [0.15, 0.2) is 0 Å². The van der Waals surface area contributed by atoms with Gasteiger partial charge in [-0.3, -0.25) is 0 Å². The van der Waals surface area contributed by atoms with Crippen molar-refractivity contribution in [2.45, 2.75) is 25.8 Å². The fourth-order valence-corrected chi connectivity index (χ4v) is 2.34. The number of nitrogens with zero attached hydrogens (tertiary/aromatic N) is 1. The Morgan fingerprint density at radius 3 is 2.84 bits per heavy atom. The second-order valence-corrected chi connectivity index (χ2v) is 5.22. The van der Waals surface area contributed by atoms with Gasteiger partial charge in [-0.05, 0) is 42.4 Å². The molecule has 1 aromatic rings. The van der Waals surface area contributed by atoms with Crippen LogP contribution in [0.1, 0.15) is 30.4 Å². The smallest absolute Gasteiger partial charge is 0.136 e. The summed E-state index contributed by atoms with van der Waals surface area (Å²) in [6.45, 7) is 1.97. The molecule has 1 aromatic carbocycles. The van der Waals surface area contributed by atoms with Gasteiger partial charge in [-0.25, -0.2) is 0 Å². The van der Waals surface area contributed by atoms with Crippen molar-refractivity contribution in [2.24, 2.45) is 5.41 Å². The molecular formula is C15H20N2O2. The van der Waals surface area contributed by atoms with E-state index in [2.05, 4.69) is 11.4 Å². The Hall–Kier alpha value is -1.57. The number of rotatable bonds is 7. The lowest BCUT2D eigenvalue weighted by Gasteiger charge is -2.15. The minimum absolute atomic E-state index is 0.270. The first-order valence-electron chi connectivity index (χ1n) is 6.62.